The summed E-state index contributed by atoms with van der Waals surface area (Å²) in [4.78, 5) is 46.1. The van der Waals surface area contributed by atoms with Crippen LogP contribution in [0.25, 0.3) is 0 Å². The maximum Gasteiger partial charge on any atom is 1.00 e. The molecule has 2 rings (SSSR count). The van der Waals surface area contributed by atoms with Crippen molar-refractivity contribution in [3.05, 3.63) is 32.6 Å². The fourth-order valence-corrected chi connectivity index (χ4v) is 2.35. The van der Waals surface area contributed by atoms with Crippen molar-refractivity contribution in [2.24, 2.45) is 0 Å². The topological polar surface area (TPSA) is 137 Å². The molecule has 2 heterocycles. The normalized spacial score (nSPS) is 20.7. The van der Waals surface area contributed by atoms with Crippen LogP contribution in [0.15, 0.2) is 15.8 Å². The molecule has 23 heavy (non-hydrogen) atoms. The molecule has 1 aliphatic heterocycles. The molecule has 0 spiro atoms. The second kappa shape index (κ2) is 10.0. The van der Waals surface area contributed by atoms with Crippen molar-refractivity contribution >= 4 is 7.60 Å². The zero-order valence-corrected chi connectivity index (χ0v) is 18.2. The Balaban J connectivity index is 0.00000242. The molecule has 118 valence electrons. The van der Waals surface area contributed by atoms with Crippen molar-refractivity contribution in [1.29, 1.82) is 0 Å². The molecule has 1 saturated heterocycles. The number of hydrogen-bond acceptors (Lipinski definition) is 7. The van der Waals surface area contributed by atoms with Crippen LogP contribution in [-0.4, -0.2) is 35.0 Å². The third-order valence-electron chi connectivity index (χ3n) is 3.11. The maximum absolute atomic E-state index is 11.7. The smallest absolute Gasteiger partial charge is 0.811 e. The van der Waals surface area contributed by atoms with Gasteiger partial charge in [-0.05, 0) is 13.1 Å². The number of H-pyrrole nitrogens is 1. The zero-order chi connectivity index (χ0) is 15.6. The number of aryl methyl sites for hydroxylation is 1. The second-order valence-electron chi connectivity index (χ2n) is 4.83. The molecule has 1 aliphatic rings. The van der Waals surface area contributed by atoms with Crippen molar-refractivity contribution in [3.8, 4) is 0 Å². The van der Waals surface area contributed by atoms with Crippen LogP contribution >= 0.6 is 7.60 Å². The summed E-state index contributed by atoms with van der Waals surface area (Å²) in [5.41, 5.74) is -0.662. The Morgan fingerprint density at radius 2 is 2.09 bits per heavy atom. The molecule has 0 aliphatic carbocycles. The van der Waals surface area contributed by atoms with E-state index in [1.807, 2.05) is 0 Å². The zero-order valence-electron chi connectivity index (χ0n) is 13.3. The Bertz CT molecular complexity index is 671. The number of rotatable bonds is 5. The van der Waals surface area contributed by atoms with Gasteiger partial charge in [-0.25, -0.2) is 4.79 Å². The molecule has 1 aromatic rings. The van der Waals surface area contributed by atoms with Crippen molar-refractivity contribution in [1.82, 2.24) is 9.55 Å². The largest absolute Gasteiger partial charge is 1.00 e. The van der Waals surface area contributed by atoms with Gasteiger partial charge in [0, 0.05) is 18.2 Å². The number of ether oxygens (including phenoxy) is 2. The standard InChI is InChI=1S/C11H17N2O7P.2Na/c1-7-5-13(11(15)12-10(7)14)9-4-8(6-20-9)19-2-3-21(16,17)18;;/h5,8-9H,2-4,6H2,1H3,(H,12,14,15)(H2,16,17,18);;/q;2*+1/p-2/t8-,9-;;/m1../s1. The van der Waals surface area contributed by atoms with Gasteiger partial charge >= 0.3 is 64.8 Å². The summed E-state index contributed by atoms with van der Waals surface area (Å²) < 4.78 is 22.4. The van der Waals surface area contributed by atoms with Crippen LogP contribution in [0, 0.1) is 6.92 Å². The predicted molar refractivity (Wildman–Crippen MR) is 67.9 cm³/mol. The minimum absolute atomic E-state index is 0. The molecule has 0 unspecified atom stereocenters. The molecule has 1 aromatic heterocycles. The monoisotopic (exact) mass is 364 g/mol. The van der Waals surface area contributed by atoms with Gasteiger partial charge in [0.2, 0.25) is 0 Å². The molecule has 1 fully saturated rings. The van der Waals surface area contributed by atoms with Crippen molar-refractivity contribution in [2.75, 3.05) is 19.4 Å². The van der Waals surface area contributed by atoms with Crippen LogP contribution in [0.5, 0.6) is 0 Å². The van der Waals surface area contributed by atoms with E-state index in [2.05, 4.69) is 4.98 Å². The van der Waals surface area contributed by atoms with Crippen LogP contribution in [-0.2, 0) is 14.0 Å². The predicted octanol–water partition coefficient (Wildman–Crippen LogP) is -7.93. The molecular weight excluding hydrogens is 349 g/mol. The third-order valence-corrected chi connectivity index (χ3v) is 3.84. The number of nitrogens with zero attached hydrogens (tertiary/aromatic N) is 1. The average Bonchev–Trinajstić information content (AvgIpc) is 2.81. The Morgan fingerprint density at radius 1 is 1.43 bits per heavy atom. The van der Waals surface area contributed by atoms with Gasteiger partial charge in [0.25, 0.3) is 5.56 Å². The van der Waals surface area contributed by atoms with E-state index in [1.165, 1.54) is 10.8 Å². The third kappa shape index (κ3) is 7.25. The first-order valence-corrected chi connectivity index (χ1v) is 8.05. The van der Waals surface area contributed by atoms with Gasteiger partial charge in [-0.2, -0.15) is 0 Å². The first-order valence-electron chi connectivity index (χ1n) is 6.32. The fourth-order valence-electron chi connectivity index (χ4n) is 2.02. The number of aromatic amines is 1. The molecule has 1 N–H and O–H groups in total. The summed E-state index contributed by atoms with van der Waals surface area (Å²) >= 11 is 0. The van der Waals surface area contributed by atoms with Crippen LogP contribution < -0.4 is 80.2 Å². The average molecular weight is 364 g/mol. The van der Waals surface area contributed by atoms with Crippen LogP contribution in [0.4, 0.5) is 0 Å². The van der Waals surface area contributed by atoms with E-state index in [-0.39, 0.29) is 72.3 Å². The van der Waals surface area contributed by atoms with Gasteiger partial charge in [-0.1, -0.05) is 7.60 Å². The minimum Gasteiger partial charge on any atom is -0.811 e. The summed E-state index contributed by atoms with van der Waals surface area (Å²) in [5, 5.41) is 0. The number of nitrogens with one attached hydrogen (secondary N) is 1. The molecule has 0 aromatic carbocycles. The summed E-state index contributed by atoms with van der Waals surface area (Å²) in [6.45, 7) is 1.54. The number of hydrogen-bond donors (Lipinski definition) is 1. The first-order chi connectivity index (χ1) is 9.76. The van der Waals surface area contributed by atoms with E-state index in [4.69, 9.17) is 9.47 Å². The summed E-state index contributed by atoms with van der Waals surface area (Å²) in [6, 6.07) is 0. The Morgan fingerprint density at radius 3 is 2.70 bits per heavy atom. The SMILES string of the molecule is Cc1cn([C@H]2C[C@@H](OCCP(=O)([O-])[O-])CO2)c(=O)[nH]c1=O.[Na+].[Na+]. The molecule has 9 nitrogen and oxygen atoms in total. The van der Waals surface area contributed by atoms with Crippen LogP contribution in [0.1, 0.15) is 18.2 Å². The van der Waals surface area contributed by atoms with Crippen molar-refractivity contribution in [3.63, 3.8) is 0 Å². The van der Waals surface area contributed by atoms with Gasteiger partial charge < -0.3 is 23.8 Å². The van der Waals surface area contributed by atoms with Gasteiger partial charge in [0.15, 0.2) is 0 Å². The minimum atomic E-state index is -4.58. The summed E-state index contributed by atoms with van der Waals surface area (Å²) in [6.07, 6.45) is 0.154. The van der Waals surface area contributed by atoms with Gasteiger partial charge in [0.1, 0.15) is 6.23 Å². The van der Waals surface area contributed by atoms with Crippen LogP contribution in [0.2, 0.25) is 0 Å². The van der Waals surface area contributed by atoms with E-state index in [0.29, 0.717) is 12.0 Å². The Kier molecular flexibility index (Phi) is 10.4. The molecule has 0 amide bonds. The fraction of sp³-hybridized carbons (Fsp3) is 0.636. The van der Waals surface area contributed by atoms with Gasteiger partial charge in [-0.15, -0.1) is 0 Å². The first kappa shape index (κ1) is 23.8. The van der Waals surface area contributed by atoms with Crippen LogP contribution in [0.3, 0.4) is 0 Å². The summed E-state index contributed by atoms with van der Waals surface area (Å²) in [7, 11) is -4.58. The van der Waals surface area contributed by atoms with E-state index in [1.54, 1.807) is 6.92 Å². The van der Waals surface area contributed by atoms with E-state index >= 15 is 0 Å². The summed E-state index contributed by atoms with van der Waals surface area (Å²) in [5.74, 6) is 0. The van der Waals surface area contributed by atoms with Gasteiger partial charge in [-0.3, -0.25) is 14.3 Å². The molecular formula is C11H15N2Na2O7P. The van der Waals surface area contributed by atoms with Crippen molar-refractivity contribution < 1.29 is 82.9 Å². The molecule has 2 atom stereocenters. The molecule has 0 bridgehead atoms. The van der Waals surface area contributed by atoms with E-state index in [9.17, 15) is 23.9 Å². The van der Waals surface area contributed by atoms with Gasteiger partial charge in [0.05, 0.1) is 19.3 Å². The number of aromatic nitrogens is 2. The quantitative estimate of drug-likeness (QED) is 0.405. The molecule has 12 heteroatoms. The molecule has 0 radical (unpaired) electrons. The Hall–Kier alpha value is 0.750. The van der Waals surface area contributed by atoms with E-state index in [0.717, 1.165) is 0 Å². The van der Waals surface area contributed by atoms with E-state index < -0.39 is 37.3 Å². The van der Waals surface area contributed by atoms with Crippen molar-refractivity contribution in [2.45, 2.75) is 25.7 Å². The maximum atomic E-state index is 11.7. The Labute approximate surface area is 176 Å². The second-order valence-corrected chi connectivity index (χ2v) is 6.50. The molecule has 0 saturated carbocycles.